The monoisotopic (exact) mass is 297 g/mol. The molecule has 104 valence electrons. The van der Waals surface area contributed by atoms with Crippen molar-refractivity contribution in [1.82, 2.24) is 0 Å². The van der Waals surface area contributed by atoms with Gasteiger partial charge < -0.3 is 0 Å². The summed E-state index contributed by atoms with van der Waals surface area (Å²) in [4.78, 5) is 25.7. The van der Waals surface area contributed by atoms with E-state index in [0.29, 0.717) is 22.0 Å². The van der Waals surface area contributed by atoms with E-state index < -0.39 is 0 Å². The van der Waals surface area contributed by atoms with Crippen LogP contribution in [0.15, 0.2) is 54.6 Å². The number of ketones is 1. The predicted molar refractivity (Wildman–Crippen MR) is 83.4 cm³/mol. The zero-order valence-electron chi connectivity index (χ0n) is 11.3. The van der Waals surface area contributed by atoms with Crippen molar-refractivity contribution in [2.45, 2.75) is 6.92 Å². The Labute approximate surface area is 127 Å². The van der Waals surface area contributed by atoms with E-state index in [1.54, 1.807) is 30.3 Å². The number of carbonyl (C=O) groups is 2. The zero-order valence-corrected chi connectivity index (χ0v) is 12.1. The first-order chi connectivity index (χ1) is 10.1. The summed E-state index contributed by atoms with van der Waals surface area (Å²) in [6, 6.07) is 14.3. The lowest BCUT2D eigenvalue weighted by atomic mass is 10.1. The molecule has 3 rings (SSSR count). The van der Waals surface area contributed by atoms with Crippen molar-refractivity contribution in [2.24, 2.45) is 0 Å². The molecule has 0 atom stereocenters. The van der Waals surface area contributed by atoms with Crippen molar-refractivity contribution in [3.05, 3.63) is 70.8 Å². The first kappa shape index (κ1) is 13.6. The summed E-state index contributed by atoms with van der Waals surface area (Å²) in [5.41, 5.74) is 2.59. The summed E-state index contributed by atoms with van der Waals surface area (Å²) >= 11 is 6.01. The molecule has 3 nitrogen and oxygen atoms in total. The van der Waals surface area contributed by atoms with Crippen LogP contribution in [0.5, 0.6) is 0 Å². The quantitative estimate of drug-likeness (QED) is 0.788. The van der Waals surface area contributed by atoms with Crippen LogP contribution < -0.4 is 4.90 Å². The summed E-state index contributed by atoms with van der Waals surface area (Å²) in [7, 11) is 0. The van der Waals surface area contributed by atoms with Crippen molar-refractivity contribution in [3.8, 4) is 0 Å². The van der Waals surface area contributed by atoms with Crippen LogP contribution in [0, 0.1) is 0 Å². The van der Waals surface area contributed by atoms with Gasteiger partial charge in [0.1, 0.15) is 0 Å². The maximum Gasteiger partial charge on any atom is 0.263 e. The number of fused-ring (bicyclic) bond motifs is 1. The molecule has 1 amide bonds. The predicted octanol–water partition coefficient (Wildman–Crippen LogP) is 3.93. The molecule has 0 fully saturated rings. The summed E-state index contributed by atoms with van der Waals surface area (Å²) in [5, 5.41) is 0.540. The maximum atomic E-state index is 12.6. The summed E-state index contributed by atoms with van der Waals surface area (Å²) < 4.78 is 0. The fourth-order valence-electron chi connectivity index (χ4n) is 2.45. The molecule has 0 N–H and O–H groups in total. The van der Waals surface area contributed by atoms with Gasteiger partial charge in [-0.1, -0.05) is 35.9 Å². The SMILES string of the molecule is CC(=O)/C=C1\c2ccccc2C(=O)N1c1cccc(Cl)c1. The van der Waals surface area contributed by atoms with Crippen LogP contribution in [0.2, 0.25) is 5.02 Å². The zero-order chi connectivity index (χ0) is 15.0. The highest BCUT2D eigenvalue weighted by molar-refractivity contribution is 6.31. The normalized spacial score (nSPS) is 15.4. The largest absolute Gasteiger partial charge is 0.295 e. The third-order valence-corrected chi connectivity index (χ3v) is 3.52. The third-order valence-electron chi connectivity index (χ3n) is 3.28. The second kappa shape index (κ2) is 5.19. The molecular weight excluding hydrogens is 286 g/mol. The highest BCUT2D eigenvalue weighted by Crippen LogP contribution is 2.37. The van der Waals surface area contributed by atoms with Gasteiger partial charge in [-0.3, -0.25) is 14.5 Å². The Morgan fingerprint density at radius 2 is 1.81 bits per heavy atom. The van der Waals surface area contributed by atoms with Crippen LogP contribution in [0.4, 0.5) is 5.69 Å². The van der Waals surface area contributed by atoms with Crippen molar-refractivity contribution in [1.29, 1.82) is 0 Å². The minimum atomic E-state index is -0.152. The van der Waals surface area contributed by atoms with E-state index in [0.717, 1.165) is 5.56 Å². The van der Waals surface area contributed by atoms with E-state index in [9.17, 15) is 9.59 Å². The lowest BCUT2D eigenvalue weighted by Crippen LogP contribution is -2.22. The van der Waals surface area contributed by atoms with E-state index >= 15 is 0 Å². The average Bonchev–Trinajstić information content (AvgIpc) is 2.72. The first-order valence-corrected chi connectivity index (χ1v) is 6.87. The number of rotatable bonds is 2. The Bertz CT molecular complexity index is 780. The highest BCUT2D eigenvalue weighted by Gasteiger charge is 2.33. The summed E-state index contributed by atoms with van der Waals surface area (Å²) in [5.74, 6) is -0.262. The second-order valence-electron chi connectivity index (χ2n) is 4.81. The molecule has 4 heteroatoms. The van der Waals surface area contributed by atoms with Crippen molar-refractivity contribution >= 4 is 34.7 Å². The summed E-state index contributed by atoms with van der Waals surface area (Å²) in [6.45, 7) is 1.47. The van der Waals surface area contributed by atoms with Gasteiger partial charge in [0.25, 0.3) is 5.91 Å². The molecular formula is C17H12ClNO2. The second-order valence-corrected chi connectivity index (χ2v) is 5.24. The van der Waals surface area contributed by atoms with Gasteiger partial charge in [0, 0.05) is 22.2 Å². The summed E-state index contributed by atoms with van der Waals surface area (Å²) in [6.07, 6.45) is 1.48. The number of halogens is 1. The molecule has 0 aliphatic carbocycles. The Morgan fingerprint density at radius 3 is 2.48 bits per heavy atom. The van der Waals surface area contributed by atoms with Crippen LogP contribution in [-0.4, -0.2) is 11.7 Å². The van der Waals surface area contributed by atoms with Crippen LogP contribution in [0.3, 0.4) is 0 Å². The Balaban J connectivity index is 2.21. The van der Waals surface area contributed by atoms with Crippen molar-refractivity contribution in [2.75, 3.05) is 4.90 Å². The number of amides is 1. The first-order valence-electron chi connectivity index (χ1n) is 6.49. The van der Waals surface area contributed by atoms with Gasteiger partial charge in [-0.2, -0.15) is 0 Å². The minimum Gasteiger partial charge on any atom is -0.295 e. The molecule has 0 spiro atoms. The van der Waals surface area contributed by atoms with Crippen LogP contribution in [0.1, 0.15) is 22.8 Å². The van der Waals surface area contributed by atoms with Crippen molar-refractivity contribution < 1.29 is 9.59 Å². The molecule has 1 aliphatic rings. The van der Waals surface area contributed by atoms with Gasteiger partial charge in [0.15, 0.2) is 5.78 Å². The fourth-order valence-corrected chi connectivity index (χ4v) is 2.63. The molecule has 2 aromatic rings. The van der Waals surface area contributed by atoms with Gasteiger partial charge >= 0.3 is 0 Å². The minimum absolute atomic E-state index is 0.110. The maximum absolute atomic E-state index is 12.6. The fraction of sp³-hybridized carbons (Fsp3) is 0.0588. The van der Waals surface area contributed by atoms with E-state index in [4.69, 9.17) is 11.6 Å². The molecule has 1 heterocycles. The van der Waals surface area contributed by atoms with E-state index in [1.807, 2.05) is 18.2 Å². The Kier molecular flexibility index (Phi) is 3.35. The average molecular weight is 298 g/mol. The number of nitrogens with zero attached hydrogens (tertiary/aromatic N) is 1. The van der Waals surface area contributed by atoms with Crippen LogP contribution in [-0.2, 0) is 4.79 Å². The lowest BCUT2D eigenvalue weighted by Gasteiger charge is -2.18. The number of anilines is 1. The van der Waals surface area contributed by atoms with Gasteiger partial charge in [0.05, 0.1) is 11.4 Å². The number of hydrogen-bond acceptors (Lipinski definition) is 2. The Morgan fingerprint density at radius 1 is 1.10 bits per heavy atom. The van der Waals surface area contributed by atoms with Crippen molar-refractivity contribution in [3.63, 3.8) is 0 Å². The van der Waals surface area contributed by atoms with Gasteiger partial charge in [-0.05, 0) is 31.2 Å². The number of carbonyl (C=O) groups excluding carboxylic acids is 2. The number of hydrogen-bond donors (Lipinski definition) is 0. The van der Waals surface area contributed by atoms with Crippen LogP contribution in [0.25, 0.3) is 5.70 Å². The third kappa shape index (κ3) is 2.36. The van der Waals surface area contributed by atoms with Crippen LogP contribution >= 0.6 is 11.6 Å². The lowest BCUT2D eigenvalue weighted by molar-refractivity contribution is -0.112. The smallest absolute Gasteiger partial charge is 0.263 e. The molecule has 0 saturated heterocycles. The molecule has 0 unspecified atom stereocenters. The van der Waals surface area contributed by atoms with E-state index in [1.165, 1.54) is 17.9 Å². The molecule has 0 saturated carbocycles. The molecule has 0 bridgehead atoms. The molecule has 2 aromatic carbocycles. The molecule has 1 aliphatic heterocycles. The van der Waals surface area contributed by atoms with E-state index in [-0.39, 0.29) is 11.7 Å². The highest BCUT2D eigenvalue weighted by atomic mass is 35.5. The van der Waals surface area contributed by atoms with E-state index in [2.05, 4.69) is 0 Å². The number of benzene rings is 2. The standard InChI is InChI=1S/C17H12ClNO2/c1-11(20)9-16-14-7-2-3-8-15(14)17(21)19(16)13-6-4-5-12(18)10-13/h2-10H,1H3/b16-9+. The van der Waals surface area contributed by atoms with Gasteiger partial charge in [0.2, 0.25) is 0 Å². The molecule has 21 heavy (non-hydrogen) atoms. The molecule has 0 radical (unpaired) electrons. The topological polar surface area (TPSA) is 37.4 Å². The van der Waals surface area contributed by atoms with Gasteiger partial charge in [-0.15, -0.1) is 0 Å². The number of allylic oxidation sites excluding steroid dienone is 1. The Hall–Kier alpha value is -2.39. The van der Waals surface area contributed by atoms with Gasteiger partial charge in [-0.25, -0.2) is 0 Å². The molecule has 0 aromatic heterocycles.